The van der Waals surface area contributed by atoms with Crippen LogP contribution in [0.4, 0.5) is 0 Å². The summed E-state index contributed by atoms with van der Waals surface area (Å²) in [6, 6.07) is 6.60. The molecule has 0 aromatic heterocycles. The van der Waals surface area contributed by atoms with Crippen LogP contribution in [-0.4, -0.2) is 25.9 Å². The molecular formula is C16H18O6S2. The Morgan fingerprint density at radius 2 is 1.12 bits per heavy atom. The zero-order chi connectivity index (χ0) is 21.7. The average molecular weight is 374 g/mol. The van der Waals surface area contributed by atoms with Crippen molar-refractivity contribution < 1.29 is 31.4 Å². The predicted molar refractivity (Wildman–Crippen MR) is 89.4 cm³/mol. The van der Waals surface area contributed by atoms with Gasteiger partial charge in [-0.3, -0.25) is 9.11 Å². The summed E-state index contributed by atoms with van der Waals surface area (Å²) < 4.78 is 99.0. The Bertz CT molecular complexity index is 1050. The van der Waals surface area contributed by atoms with Gasteiger partial charge in [0.15, 0.2) is 0 Å². The van der Waals surface area contributed by atoms with Gasteiger partial charge in [-0.15, -0.1) is 0 Å². The molecule has 0 spiro atoms. The van der Waals surface area contributed by atoms with Crippen molar-refractivity contribution in [1.29, 1.82) is 0 Å². The van der Waals surface area contributed by atoms with Gasteiger partial charge in [-0.25, -0.2) is 0 Å². The quantitative estimate of drug-likeness (QED) is 0.779. The molecule has 0 aliphatic heterocycles. The second kappa shape index (κ2) is 6.64. The minimum absolute atomic E-state index is 0.390. The summed E-state index contributed by atoms with van der Waals surface area (Å²) in [6.07, 6.45) is -6.20. The maximum atomic E-state index is 11.7. The molecule has 0 unspecified atom stereocenters. The minimum Gasteiger partial charge on any atom is -0.282 e. The van der Waals surface area contributed by atoms with Crippen LogP contribution in [0.1, 0.15) is 27.7 Å². The molecule has 8 heteroatoms. The Balaban J connectivity index is 2.88. The molecule has 0 saturated carbocycles. The zero-order valence-corrected chi connectivity index (χ0v) is 14.4. The lowest BCUT2D eigenvalue weighted by Gasteiger charge is -2.11. The summed E-state index contributed by atoms with van der Waals surface area (Å²) in [5.41, 5.74) is -0.576. The maximum Gasteiger partial charge on any atom is 0.294 e. The second-order valence-electron chi connectivity index (χ2n) is 5.20. The van der Waals surface area contributed by atoms with Gasteiger partial charge >= 0.3 is 0 Å². The summed E-state index contributed by atoms with van der Waals surface area (Å²) in [6.45, 7) is 3.03. The SMILES string of the molecule is [2H]C([2H])(c1cc(C)ccc1S(=O)(=O)O)C([2H])([2H])c1cc(C)ccc1S(=O)(=O)O. The van der Waals surface area contributed by atoms with Crippen molar-refractivity contribution in [3.05, 3.63) is 58.7 Å². The van der Waals surface area contributed by atoms with E-state index in [0.29, 0.717) is 11.1 Å². The van der Waals surface area contributed by atoms with Gasteiger partial charge < -0.3 is 0 Å². The fourth-order valence-corrected chi connectivity index (χ4v) is 3.32. The fraction of sp³-hybridized carbons (Fsp3) is 0.250. The summed E-state index contributed by atoms with van der Waals surface area (Å²) in [5, 5.41) is 0. The van der Waals surface area contributed by atoms with E-state index in [9.17, 15) is 25.9 Å². The molecule has 6 nitrogen and oxygen atoms in total. The molecule has 0 aliphatic rings. The van der Waals surface area contributed by atoms with E-state index >= 15 is 0 Å². The third-order valence-corrected chi connectivity index (χ3v) is 4.98. The highest BCUT2D eigenvalue weighted by atomic mass is 32.2. The molecular weight excluding hydrogens is 352 g/mol. The Morgan fingerprint density at radius 3 is 1.42 bits per heavy atom. The monoisotopic (exact) mass is 374 g/mol. The molecule has 24 heavy (non-hydrogen) atoms. The average Bonchev–Trinajstić information content (AvgIpc) is 2.52. The minimum atomic E-state index is -4.90. The number of benzene rings is 2. The highest BCUT2D eigenvalue weighted by Gasteiger charge is 2.18. The third-order valence-electron chi connectivity index (χ3n) is 3.16. The summed E-state index contributed by atoms with van der Waals surface area (Å²) in [5.74, 6) is 0. The molecule has 0 aliphatic carbocycles. The molecule has 130 valence electrons. The molecule has 0 radical (unpaired) electrons. The highest BCUT2D eigenvalue weighted by Crippen LogP contribution is 2.23. The molecule has 0 atom stereocenters. The van der Waals surface area contributed by atoms with E-state index in [4.69, 9.17) is 5.48 Å². The molecule has 2 aromatic carbocycles. The Labute approximate surface area is 147 Å². The van der Waals surface area contributed by atoms with Crippen LogP contribution < -0.4 is 0 Å². The third kappa shape index (κ3) is 4.41. The number of hydrogen-bond acceptors (Lipinski definition) is 4. The summed E-state index contributed by atoms with van der Waals surface area (Å²) in [4.78, 5) is -1.68. The van der Waals surface area contributed by atoms with Crippen molar-refractivity contribution in [3.63, 3.8) is 0 Å². The van der Waals surface area contributed by atoms with Crippen LogP contribution in [0, 0.1) is 13.8 Å². The number of hydrogen-bond donors (Lipinski definition) is 2. The van der Waals surface area contributed by atoms with E-state index in [2.05, 4.69) is 0 Å². The van der Waals surface area contributed by atoms with Gasteiger partial charge in [0, 0.05) is 5.48 Å². The first-order valence-electron chi connectivity index (χ1n) is 8.67. The maximum absolute atomic E-state index is 11.7. The van der Waals surface area contributed by atoms with Crippen LogP contribution in [-0.2, 0) is 33.0 Å². The van der Waals surface area contributed by atoms with Crippen molar-refractivity contribution in [1.82, 2.24) is 0 Å². The molecule has 0 bridgehead atoms. The number of rotatable bonds is 5. The van der Waals surface area contributed by atoms with Crippen LogP contribution >= 0.6 is 0 Å². The zero-order valence-electron chi connectivity index (χ0n) is 16.8. The van der Waals surface area contributed by atoms with Gasteiger partial charge in [-0.05, 0) is 49.9 Å². The fourth-order valence-electron chi connectivity index (χ4n) is 2.07. The van der Waals surface area contributed by atoms with Gasteiger partial charge in [0.1, 0.15) is 0 Å². The molecule has 0 heterocycles. The summed E-state index contributed by atoms with van der Waals surface area (Å²) >= 11 is 0. The van der Waals surface area contributed by atoms with Gasteiger partial charge in [0.05, 0.1) is 9.79 Å². The standard InChI is InChI=1S/C16H18O6S2/c1-11-3-7-15(23(17,18)19)13(9-11)5-6-14-10-12(2)4-8-16(14)24(20,21)22/h3-4,7-10H,5-6H2,1-2H3,(H,17,18,19)(H,20,21,22)/i5D2,6D2. The second-order valence-corrected chi connectivity index (χ2v) is 7.98. The van der Waals surface area contributed by atoms with Crippen molar-refractivity contribution in [2.24, 2.45) is 0 Å². The molecule has 0 amide bonds. The van der Waals surface area contributed by atoms with Crippen LogP contribution in [0.15, 0.2) is 46.2 Å². The van der Waals surface area contributed by atoms with Crippen molar-refractivity contribution >= 4 is 20.2 Å². The molecule has 0 fully saturated rings. The van der Waals surface area contributed by atoms with Gasteiger partial charge in [-0.1, -0.05) is 35.4 Å². The van der Waals surface area contributed by atoms with Crippen LogP contribution in [0.2, 0.25) is 0 Å². The van der Waals surface area contributed by atoms with E-state index in [1.165, 1.54) is 26.0 Å². The Hall–Kier alpha value is -1.74. The van der Waals surface area contributed by atoms with E-state index in [1.54, 1.807) is 0 Å². The Morgan fingerprint density at radius 1 is 0.792 bits per heavy atom. The first kappa shape index (κ1) is 13.5. The Kier molecular flexibility index (Phi) is 3.74. The van der Waals surface area contributed by atoms with Crippen LogP contribution in [0.25, 0.3) is 0 Å². The van der Waals surface area contributed by atoms with Crippen molar-refractivity contribution in [2.75, 3.05) is 0 Å². The van der Waals surface area contributed by atoms with E-state index < -0.39 is 53.9 Å². The largest absolute Gasteiger partial charge is 0.294 e. The van der Waals surface area contributed by atoms with Crippen molar-refractivity contribution in [3.8, 4) is 0 Å². The molecule has 2 aromatic rings. The van der Waals surface area contributed by atoms with Crippen molar-refractivity contribution in [2.45, 2.75) is 36.4 Å². The van der Waals surface area contributed by atoms with E-state index in [0.717, 1.165) is 24.3 Å². The highest BCUT2D eigenvalue weighted by molar-refractivity contribution is 7.86. The first-order chi connectivity index (χ1) is 12.5. The number of aryl methyl sites for hydroxylation is 4. The molecule has 0 saturated heterocycles. The molecule has 2 N–H and O–H groups in total. The lowest BCUT2D eigenvalue weighted by molar-refractivity contribution is 0.478. The van der Waals surface area contributed by atoms with Crippen LogP contribution in [0.5, 0.6) is 0 Å². The van der Waals surface area contributed by atoms with Gasteiger partial charge in [0.25, 0.3) is 20.2 Å². The van der Waals surface area contributed by atoms with Gasteiger partial charge in [-0.2, -0.15) is 16.8 Å². The molecule has 2 rings (SSSR count). The first-order valence-corrected chi connectivity index (χ1v) is 9.55. The smallest absolute Gasteiger partial charge is 0.282 e. The topological polar surface area (TPSA) is 109 Å². The predicted octanol–water partition coefficient (Wildman–Crippen LogP) is 2.58. The van der Waals surface area contributed by atoms with E-state index in [1.807, 2.05) is 0 Å². The lowest BCUT2D eigenvalue weighted by atomic mass is 10.0. The summed E-state index contributed by atoms with van der Waals surface area (Å²) in [7, 11) is -9.79. The van der Waals surface area contributed by atoms with E-state index in [-0.39, 0.29) is 0 Å². The normalized spacial score (nSPS) is 16.0. The van der Waals surface area contributed by atoms with Crippen LogP contribution in [0.3, 0.4) is 0 Å². The lowest BCUT2D eigenvalue weighted by Crippen LogP contribution is -2.07. The van der Waals surface area contributed by atoms with Gasteiger partial charge in [0.2, 0.25) is 0 Å².